The van der Waals surface area contributed by atoms with Crippen molar-refractivity contribution < 1.29 is 4.79 Å². The third-order valence-electron chi connectivity index (χ3n) is 3.99. The van der Waals surface area contributed by atoms with Crippen molar-refractivity contribution in [3.63, 3.8) is 0 Å². The zero-order valence-electron chi connectivity index (χ0n) is 11.3. The summed E-state index contributed by atoms with van der Waals surface area (Å²) in [5.41, 5.74) is 6.22. The molecule has 100 valence electrons. The Balaban J connectivity index is 2.18. The minimum atomic E-state index is -0.430. The van der Waals surface area contributed by atoms with Crippen molar-refractivity contribution in [2.75, 3.05) is 0 Å². The van der Waals surface area contributed by atoms with Crippen molar-refractivity contribution >= 4 is 44.3 Å². The van der Waals surface area contributed by atoms with Crippen molar-refractivity contribution in [1.29, 1.82) is 0 Å². The largest absolute Gasteiger partial charge is 0.366 e. The van der Waals surface area contributed by atoms with Crippen LogP contribution >= 0.6 is 0 Å². The molecule has 0 saturated carbocycles. The maximum absolute atomic E-state index is 11.0. The van der Waals surface area contributed by atoms with Crippen molar-refractivity contribution in [2.24, 2.45) is 5.73 Å². The van der Waals surface area contributed by atoms with E-state index in [9.17, 15) is 4.79 Å². The molecule has 2 heteroatoms. The fraction of sp³-hybridized carbons (Fsp3) is 0. The zero-order valence-corrected chi connectivity index (χ0v) is 11.3. The van der Waals surface area contributed by atoms with E-state index in [2.05, 4.69) is 48.5 Å². The highest BCUT2D eigenvalue weighted by molar-refractivity contribution is 6.24. The molecule has 2 nitrogen and oxygen atoms in total. The van der Waals surface area contributed by atoms with E-state index >= 15 is 0 Å². The first-order valence-corrected chi connectivity index (χ1v) is 6.88. The first kappa shape index (κ1) is 11.9. The molecule has 2 N–H and O–H groups in total. The fourth-order valence-electron chi connectivity index (χ4n) is 3.08. The molecule has 0 aromatic heterocycles. The molecule has 0 aliphatic heterocycles. The van der Waals surface area contributed by atoms with Crippen molar-refractivity contribution in [3.8, 4) is 0 Å². The average Bonchev–Trinajstić information content (AvgIpc) is 2.51. The van der Waals surface area contributed by atoms with Crippen molar-refractivity contribution in [2.45, 2.75) is 0 Å². The average molecular weight is 271 g/mol. The molecular weight excluding hydrogens is 258 g/mol. The molecule has 4 rings (SSSR count). The van der Waals surface area contributed by atoms with E-state index in [1.165, 1.54) is 33.0 Å². The molecule has 21 heavy (non-hydrogen) atoms. The molecule has 0 radical (unpaired) electrons. The van der Waals surface area contributed by atoms with Crippen LogP contribution in [0.4, 0.5) is 0 Å². The van der Waals surface area contributed by atoms with E-state index in [0.29, 0.717) is 0 Å². The van der Waals surface area contributed by atoms with Gasteiger partial charge in [0.05, 0.1) is 0 Å². The highest BCUT2D eigenvalue weighted by atomic mass is 16.1. The van der Waals surface area contributed by atoms with E-state index in [0.717, 1.165) is 10.9 Å². The van der Waals surface area contributed by atoms with Gasteiger partial charge >= 0.3 is 0 Å². The van der Waals surface area contributed by atoms with E-state index in [4.69, 9.17) is 5.73 Å². The van der Waals surface area contributed by atoms with Crippen LogP contribution in [0, 0.1) is 0 Å². The first-order chi connectivity index (χ1) is 10.2. The number of carbonyl (C=O) groups is 1. The summed E-state index contributed by atoms with van der Waals surface area (Å²) in [6, 6.07) is 19.0. The molecule has 0 spiro atoms. The topological polar surface area (TPSA) is 43.1 Å². The Morgan fingerprint density at radius 1 is 0.810 bits per heavy atom. The fourth-order valence-corrected chi connectivity index (χ4v) is 3.08. The Morgan fingerprint density at radius 3 is 2.14 bits per heavy atom. The lowest BCUT2D eigenvalue weighted by molar-refractivity contribution is -0.113. The lowest BCUT2D eigenvalue weighted by Gasteiger charge is -2.12. The zero-order chi connectivity index (χ0) is 14.4. The van der Waals surface area contributed by atoms with Gasteiger partial charge in [-0.25, -0.2) is 0 Å². The predicted molar refractivity (Wildman–Crippen MR) is 88.4 cm³/mol. The molecule has 0 aliphatic carbocycles. The van der Waals surface area contributed by atoms with Gasteiger partial charge in [0.2, 0.25) is 5.91 Å². The maximum Gasteiger partial charge on any atom is 0.241 e. The summed E-state index contributed by atoms with van der Waals surface area (Å²) in [4.78, 5) is 11.0. The summed E-state index contributed by atoms with van der Waals surface area (Å²) in [6.07, 6.45) is 3.19. The first-order valence-electron chi connectivity index (χ1n) is 6.88. The lowest BCUT2D eigenvalue weighted by atomic mass is 9.92. The Bertz CT molecular complexity index is 998. The highest BCUT2D eigenvalue weighted by Gasteiger charge is 2.09. The van der Waals surface area contributed by atoms with Crippen LogP contribution in [0.15, 0.2) is 60.7 Å². The van der Waals surface area contributed by atoms with Gasteiger partial charge in [0.25, 0.3) is 0 Å². The summed E-state index contributed by atoms with van der Waals surface area (Å²) in [6.45, 7) is 0. The quantitative estimate of drug-likeness (QED) is 0.433. The van der Waals surface area contributed by atoms with Gasteiger partial charge in [-0.1, -0.05) is 54.6 Å². The molecular formula is C19H13NO. The second-order valence-corrected chi connectivity index (χ2v) is 5.25. The van der Waals surface area contributed by atoms with Crippen LogP contribution in [0.5, 0.6) is 0 Å². The van der Waals surface area contributed by atoms with Crippen LogP contribution < -0.4 is 5.73 Å². The number of benzene rings is 4. The standard InChI is InChI=1S/C19H13NO/c20-17(21)11-9-12-4-5-15-7-6-13-2-1-3-14-8-10-16(12)19(15)18(13)14/h1-11H,(H2,20,21). The molecule has 0 fully saturated rings. The highest BCUT2D eigenvalue weighted by Crippen LogP contribution is 2.36. The summed E-state index contributed by atoms with van der Waals surface area (Å²) in [7, 11) is 0. The van der Waals surface area contributed by atoms with Gasteiger partial charge < -0.3 is 5.73 Å². The molecule has 0 heterocycles. The molecule has 1 amide bonds. The third-order valence-corrected chi connectivity index (χ3v) is 3.99. The van der Waals surface area contributed by atoms with Crippen LogP contribution in [-0.4, -0.2) is 5.91 Å². The van der Waals surface area contributed by atoms with Gasteiger partial charge in [-0.15, -0.1) is 0 Å². The maximum atomic E-state index is 11.0. The predicted octanol–water partition coefficient (Wildman–Crippen LogP) is 4.08. The van der Waals surface area contributed by atoms with E-state index in [-0.39, 0.29) is 0 Å². The Kier molecular flexibility index (Phi) is 2.45. The van der Waals surface area contributed by atoms with Crippen molar-refractivity contribution in [3.05, 3.63) is 66.2 Å². The van der Waals surface area contributed by atoms with E-state index in [1.807, 2.05) is 6.07 Å². The number of hydrogen-bond donors (Lipinski definition) is 1. The van der Waals surface area contributed by atoms with E-state index < -0.39 is 5.91 Å². The summed E-state index contributed by atoms with van der Waals surface area (Å²) in [5, 5.41) is 7.36. The second-order valence-electron chi connectivity index (χ2n) is 5.25. The van der Waals surface area contributed by atoms with Crippen LogP contribution in [0.25, 0.3) is 38.4 Å². The van der Waals surface area contributed by atoms with E-state index in [1.54, 1.807) is 6.08 Å². The third kappa shape index (κ3) is 1.77. The smallest absolute Gasteiger partial charge is 0.241 e. The molecule has 0 saturated heterocycles. The van der Waals surface area contributed by atoms with Gasteiger partial charge in [-0.2, -0.15) is 0 Å². The Hall–Kier alpha value is -2.87. The van der Waals surface area contributed by atoms with Gasteiger partial charge in [0.15, 0.2) is 0 Å². The molecule has 0 aliphatic rings. The number of carbonyl (C=O) groups excluding carboxylic acids is 1. The van der Waals surface area contributed by atoms with Gasteiger partial charge in [0, 0.05) is 6.08 Å². The SMILES string of the molecule is NC(=O)C=Cc1ccc2ccc3cccc4ccc1c2c34. The Labute approximate surface area is 121 Å². The number of nitrogens with two attached hydrogens (primary N) is 1. The van der Waals surface area contributed by atoms with Gasteiger partial charge in [-0.05, 0) is 44.0 Å². The summed E-state index contributed by atoms with van der Waals surface area (Å²) < 4.78 is 0. The minimum Gasteiger partial charge on any atom is -0.366 e. The number of amides is 1. The molecule has 4 aromatic carbocycles. The van der Waals surface area contributed by atoms with Gasteiger partial charge in [-0.3, -0.25) is 4.79 Å². The summed E-state index contributed by atoms with van der Waals surface area (Å²) >= 11 is 0. The molecule has 0 atom stereocenters. The molecule has 0 unspecified atom stereocenters. The van der Waals surface area contributed by atoms with Crippen LogP contribution in [-0.2, 0) is 4.79 Å². The van der Waals surface area contributed by atoms with Crippen LogP contribution in [0.2, 0.25) is 0 Å². The van der Waals surface area contributed by atoms with Crippen molar-refractivity contribution in [1.82, 2.24) is 0 Å². The van der Waals surface area contributed by atoms with Crippen LogP contribution in [0.1, 0.15) is 5.56 Å². The monoisotopic (exact) mass is 271 g/mol. The second kappa shape index (κ2) is 4.32. The number of hydrogen-bond acceptors (Lipinski definition) is 1. The summed E-state index contributed by atoms with van der Waals surface area (Å²) in [5.74, 6) is -0.430. The Morgan fingerprint density at radius 2 is 1.43 bits per heavy atom. The molecule has 0 bridgehead atoms. The molecule has 4 aromatic rings. The minimum absolute atomic E-state index is 0.430. The van der Waals surface area contributed by atoms with Crippen LogP contribution in [0.3, 0.4) is 0 Å². The van der Waals surface area contributed by atoms with Gasteiger partial charge in [0.1, 0.15) is 0 Å². The lowest BCUT2D eigenvalue weighted by Crippen LogP contribution is -2.05. The number of primary amides is 1. The normalized spacial score (nSPS) is 12.0. The number of rotatable bonds is 2.